The average Bonchev–Trinajstić information content (AvgIpc) is 2.76. The second kappa shape index (κ2) is 6.95. The molecule has 1 atom stereocenters. The highest BCUT2D eigenvalue weighted by Crippen LogP contribution is 2.37. The van der Waals surface area contributed by atoms with Crippen LogP contribution in [0.3, 0.4) is 0 Å². The fourth-order valence-electron chi connectivity index (χ4n) is 4.08. The highest BCUT2D eigenvalue weighted by Gasteiger charge is 2.33. The molecule has 2 aliphatic rings. The number of nitrogens with one attached hydrogen (secondary N) is 1. The lowest BCUT2D eigenvalue weighted by molar-refractivity contribution is -0.127. The van der Waals surface area contributed by atoms with Crippen molar-refractivity contribution >= 4 is 5.91 Å². The molecule has 2 aliphatic carbocycles. The van der Waals surface area contributed by atoms with Gasteiger partial charge >= 0.3 is 0 Å². The second-order valence-electron chi connectivity index (χ2n) is 7.97. The molecule has 0 saturated heterocycles. The van der Waals surface area contributed by atoms with Crippen molar-refractivity contribution in [2.75, 3.05) is 0 Å². The van der Waals surface area contributed by atoms with Crippen LogP contribution in [0.1, 0.15) is 85.0 Å². The average molecular weight is 279 g/mol. The van der Waals surface area contributed by atoms with Crippen molar-refractivity contribution in [3.8, 4) is 0 Å². The minimum absolute atomic E-state index is 0.302. The van der Waals surface area contributed by atoms with Gasteiger partial charge in [0.2, 0.25) is 5.91 Å². The molecule has 2 saturated carbocycles. The molecule has 116 valence electrons. The summed E-state index contributed by atoms with van der Waals surface area (Å²) in [6.07, 6.45) is 12.4. The number of rotatable bonds is 5. The lowest BCUT2D eigenvalue weighted by Gasteiger charge is -2.29. The molecule has 2 fully saturated rings. The van der Waals surface area contributed by atoms with Crippen molar-refractivity contribution in [2.45, 2.75) is 91.0 Å². The zero-order valence-corrected chi connectivity index (χ0v) is 13.7. The Labute approximate surface area is 125 Å². The van der Waals surface area contributed by atoms with E-state index in [2.05, 4.69) is 26.1 Å². The number of hydrogen-bond donors (Lipinski definition) is 1. The van der Waals surface area contributed by atoms with Gasteiger partial charge in [-0.15, -0.1) is 0 Å². The maximum absolute atomic E-state index is 12.4. The van der Waals surface area contributed by atoms with Gasteiger partial charge < -0.3 is 5.32 Å². The Morgan fingerprint density at radius 2 is 1.85 bits per heavy atom. The van der Waals surface area contributed by atoms with Crippen LogP contribution >= 0.6 is 0 Å². The summed E-state index contributed by atoms with van der Waals surface area (Å²) in [5, 5.41) is 3.32. The third-order valence-electron chi connectivity index (χ3n) is 5.50. The summed E-state index contributed by atoms with van der Waals surface area (Å²) >= 11 is 0. The molecular weight excluding hydrogens is 246 g/mol. The van der Waals surface area contributed by atoms with E-state index in [-0.39, 0.29) is 0 Å². The Hall–Kier alpha value is -0.530. The van der Waals surface area contributed by atoms with E-state index < -0.39 is 0 Å². The molecule has 2 heteroatoms. The summed E-state index contributed by atoms with van der Waals surface area (Å²) in [5.74, 6) is 1.54. The molecule has 0 radical (unpaired) electrons. The van der Waals surface area contributed by atoms with Gasteiger partial charge in [0.1, 0.15) is 0 Å². The fourth-order valence-corrected chi connectivity index (χ4v) is 4.08. The molecule has 20 heavy (non-hydrogen) atoms. The predicted molar refractivity (Wildman–Crippen MR) is 84.5 cm³/mol. The molecule has 1 unspecified atom stereocenters. The summed E-state index contributed by atoms with van der Waals surface area (Å²) in [4.78, 5) is 12.4. The number of hydrogen-bond acceptors (Lipinski definition) is 1. The molecule has 0 bridgehead atoms. The quantitative estimate of drug-likeness (QED) is 0.778. The van der Waals surface area contributed by atoms with Crippen molar-refractivity contribution < 1.29 is 4.79 Å². The highest BCUT2D eigenvalue weighted by atomic mass is 16.1. The van der Waals surface area contributed by atoms with E-state index in [0.29, 0.717) is 23.3 Å². The standard InChI is InChI=1S/C18H33NO/c1-4-5-6-14-7-9-15(10-8-14)17(20)19-16-11-12-18(2,3)13-16/h14-16H,4-13H2,1-3H3,(H,19,20). The first-order chi connectivity index (χ1) is 9.50. The van der Waals surface area contributed by atoms with E-state index in [4.69, 9.17) is 0 Å². The van der Waals surface area contributed by atoms with Crippen LogP contribution in [-0.4, -0.2) is 11.9 Å². The van der Waals surface area contributed by atoms with Crippen LogP contribution in [0.5, 0.6) is 0 Å². The lowest BCUT2D eigenvalue weighted by atomic mass is 9.79. The van der Waals surface area contributed by atoms with Crippen molar-refractivity contribution in [2.24, 2.45) is 17.3 Å². The van der Waals surface area contributed by atoms with Gasteiger partial charge in [0.25, 0.3) is 0 Å². The van der Waals surface area contributed by atoms with Gasteiger partial charge in [0.05, 0.1) is 0 Å². The second-order valence-corrected chi connectivity index (χ2v) is 7.97. The summed E-state index contributed by atoms with van der Waals surface area (Å²) in [6, 6.07) is 0.440. The Balaban J connectivity index is 1.70. The predicted octanol–water partition coefficient (Wildman–Crippen LogP) is 4.68. The van der Waals surface area contributed by atoms with E-state index in [1.165, 1.54) is 44.9 Å². The third-order valence-corrected chi connectivity index (χ3v) is 5.50. The Bertz CT molecular complexity index is 315. The number of amides is 1. The first kappa shape index (κ1) is 15.9. The van der Waals surface area contributed by atoms with E-state index in [9.17, 15) is 4.79 Å². The molecule has 0 aliphatic heterocycles. The lowest BCUT2D eigenvalue weighted by Crippen LogP contribution is -2.39. The Kier molecular flexibility index (Phi) is 5.51. The van der Waals surface area contributed by atoms with Gasteiger partial charge in [-0.05, 0) is 56.3 Å². The van der Waals surface area contributed by atoms with Crippen LogP contribution in [0.4, 0.5) is 0 Å². The van der Waals surface area contributed by atoms with Crippen molar-refractivity contribution in [3.05, 3.63) is 0 Å². The van der Waals surface area contributed by atoms with E-state index in [1.54, 1.807) is 0 Å². The topological polar surface area (TPSA) is 29.1 Å². The summed E-state index contributed by atoms with van der Waals surface area (Å²) in [7, 11) is 0. The molecule has 2 rings (SSSR count). The molecule has 1 amide bonds. The monoisotopic (exact) mass is 279 g/mol. The molecule has 0 heterocycles. The number of unbranched alkanes of at least 4 members (excludes halogenated alkanes) is 1. The van der Waals surface area contributed by atoms with E-state index in [0.717, 1.165) is 25.2 Å². The third kappa shape index (κ3) is 4.49. The van der Waals surface area contributed by atoms with Crippen molar-refractivity contribution in [1.82, 2.24) is 5.32 Å². The Morgan fingerprint density at radius 1 is 1.15 bits per heavy atom. The smallest absolute Gasteiger partial charge is 0.223 e. The van der Waals surface area contributed by atoms with Crippen LogP contribution in [0.25, 0.3) is 0 Å². The van der Waals surface area contributed by atoms with E-state index in [1.807, 2.05) is 0 Å². The zero-order chi connectivity index (χ0) is 14.6. The maximum Gasteiger partial charge on any atom is 0.223 e. The number of carbonyl (C=O) groups excluding carboxylic acids is 1. The van der Waals surface area contributed by atoms with Gasteiger partial charge in [-0.2, -0.15) is 0 Å². The Morgan fingerprint density at radius 3 is 2.40 bits per heavy atom. The maximum atomic E-state index is 12.4. The van der Waals surface area contributed by atoms with Gasteiger partial charge in [0, 0.05) is 12.0 Å². The van der Waals surface area contributed by atoms with Crippen molar-refractivity contribution in [3.63, 3.8) is 0 Å². The highest BCUT2D eigenvalue weighted by molar-refractivity contribution is 5.79. The molecule has 2 nitrogen and oxygen atoms in total. The van der Waals surface area contributed by atoms with Gasteiger partial charge in [0.15, 0.2) is 0 Å². The van der Waals surface area contributed by atoms with Gasteiger partial charge in [-0.25, -0.2) is 0 Å². The summed E-state index contributed by atoms with van der Waals surface area (Å²) in [5.41, 5.74) is 0.426. The summed E-state index contributed by atoms with van der Waals surface area (Å²) in [6.45, 7) is 6.90. The minimum atomic E-state index is 0.302. The van der Waals surface area contributed by atoms with Crippen molar-refractivity contribution in [1.29, 1.82) is 0 Å². The SMILES string of the molecule is CCCCC1CCC(C(=O)NC2CCC(C)(C)C2)CC1. The van der Waals surface area contributed by atoms with Crippen LogP contribution in [0.2, 0.25) is 0 Å². The van der Waals surface area contributed by atoms with Crippen LogP contribution in [0.15, 0.2) is 0 Å². The number of carbonyl (C=O) groups is 1. The largest absolute Gasteiger partial charge is 0.353 e. The van der Waals surface area contributed by atoms with E-state index >= 15 is 0 Å². The molecule has 1 N–H and O–H groups in total. The normalized spacial score (nSPS) is 33.0. The fraction of sp³-hybridized carbons (Fsp3) is 0.944. The first-order valence-corrected chi connectivity index (χ1v) is 8.80. The van der Waals surface area contributed by atoms with Crippen LogP contribution in [0, 0.1) is 17.3 Å². The van der Waals surface area contributed by atoms with Gasteiger partial charge in [-0.3, -0.25) is 4.79 Å². The molecule has 0 aromatic carbocycles. The molecular formula is C18H33NO. The first-order valence-electron chi connectivity index (χ1n) is 8.80. The zero-order valence-electron chi connectivity index (χ0n) is 13.7. The van der Waals surface area contributed by atoms with Crippen LogP contribution < -0.4 is 5.32 Å². The summed E-state index contributed by atoms with van der Waals surface area (Å²) < 4.78 is 0. The molecule has 0 aromatic heterocycles. The van der Waals surface area contributed by atoms with Gasteiger partial charge in [-0.1, -0.05) is 40.0 Å². The van der Waals surface area contributed by atoms with Crippen LogP contribution in [-0.2, 0) is 4.79 Å². The molecule has 0 aromatic rings. The molecule has 0 spiro atoms. The minimum Gasteiger partial charge on any atom is -0.353 e.